The number of fused-ring (bicyclic) bond motifs is 1. The van der Waals surface area contributed by atoms with E-state index in [1.165, 1.54) is 12.4 Å². The van der Waals surface area contributed by atoms with Gasteiger partial charge in [0.1, 0.15) is 5.75 Å². The number of nitrogens with one attached hydrogen (secondary N) is 2. The lowest BCUT2D eigenvalue weighted by Gasteiger charge is -2.13. The molecule has 28 heavy (non-hydrogen) atoms. The number of nitrogens with zero attached hydrogens (tertiary/aromatic N) is 2. The number of benzene rings is 2. The quantitative estimate of drug-likeness (QED) is 0.732. The minimum atomic E-state index is -0.334. The molecule has 1 atom stereocenters. The van der Waals surface area contributed by atoms with Gasteiger partial charge in [0.15, 0.2) is 0 Å². The summed E-state index contributed by atoms with van der Waals surface area (Å²) in [5.41, 5.74) is 3.14. The Kier molecular flexibility index (Phi) is 4.72. The Morgan fingerprint density at radius 1 is 1.07 bits per heavy atom. The number of hydrogen-bond donors (Lipinski definition) is 2. The summed E-state index contributed by atoms with van der Waals surface area (Å²) in [7, 11) is 1.55. The molecule has 1 aliphatic rings. The second kappa shape index (κ2) is 7.48. The Hall–Kier alpha value is -3.74. The number of aromatic nitrogens is 2. The van der Waals surface area contributed by atoms with Crippen molar-refractivity contribution in [1.29, 1.82) is 0 Å². The Bertz CT molecular complexity index is 1020. The van der Waals surface area contributed by atoms with Crippen LogP contribution in [0.2, 0.25) is 0 Å². The van der Waals surface area contributed by atoms with Gasteiger partial charge in [-0.1, -0.05) is 30.3 Å². The first-order valence-corrected chi connectivity index (χ1v) is 8.83. The van der Waals surface area contributed by atoms with Gasteiger partial charge in [0.05, 0.1) is 30.3 Å². The molecule has 0 radical (unpaired) electrons. The smallest absolute Gasteiger partial charge is 0.255 e. The summed E-state index contributed by atoms with van der Waals surface area (Å²) in [6.07, 6.45) is 2.95. The largest absolute Gasteiger partial charge is 0.491 e. The molecule has 0 fully saturated rings. The molecule has 0 bridgehead atoms. The highest BCUT2D eigenvalue weighted by Gasteiger charge is 2.31. The minimum absolute atomic E-state index is 0.0463. The molecule has 0 aliphatic carbocycles. The summed E-state index contributed by atoms with van der Waals surface area (Å²) in [4.78, 5) is 25.2. The van der Waals surface area contributed by atoms with E-state index in [0.29, 0.717) is 29.2 Å². The number of ether oxygens (including phenoxy) is 1. The lowest BCUT2D eigenvalue weighted by Crippen LogP contribution is -2.20. The van der Waals surface area contributed by atoms with E-state index in [9.17, 15) is 9.59 Å². The van der Waals surface area contributed by atoms with E-state index >= 15 is 0 Å². The average molecular weight is 374 g/mol. The summed E-state index contributed by atoms with van der Waals surface area (Å²) in [5.74, 6) is -0.157. The number of rotatable bonds is 4. The molecule has 140 valence electrons. The molecule has 2 aromatic carbocycles. The zero-order chi connectivity index (χ0) is 19.5. The molecule has 2 N–H and O–H groups in total. The topological polar surface area (TPSA) is 93.2 Å². The molecule has 1 aliphatic heterocycles. The van der Waals surface area contributed by atoms with Crippen LogP contribution < -0.4 is 15.4 Å². The number of amides is 2. The van der Waals surface area contributed by atoms with Gasteiger partial charge >= 0.3 is 0 Å². The van der Waals surface area contributed by atoms with Crippen LogP contribution in [-0.4, -0.2) is 35.7 Å². The van der Waals surface area contributed by atoms with Crippen molar-refractivity contribution >= 4 is 17.5 Å². The van der Waals surface area contributed by atoms with E-state index in [4.69, 9.17) is 4.74 Å². The Labute approximate surface area is 161 Å². The summed E-state index contributed by atoms with van der Waals surface area (Å²) in [6.45, 7) is 0.419. The van der Waals surface area contributed by atoms with Gasteiger partial charge < -0.3 is 15.4 Å². The molecule has 0 saturated carbocycles. The fraction of sp³-hybridized carbons (Fsp3) is 0.143. The van der Waals surface area contributed by atoms with Crippen molar-refractivity contribution in [1.82, 2.24) is 15.5 Å². The van der Waals surface area contributed by atoms with Crippen molar-refractivity contribution in [2.24, 2.45) is 0 Å². The van der Waals surface area contributed by atoms with E-state index < -0.39 is 0 Å². The zero-order valence-electron chi connectivity index (χ0n) is 15.2. The highest BCUT2D eigenvalue weighted by molar-refractivity contribution is 6.07. The zero-order valence-corrected chi connectivity index (χ0v) is 15.2. The highest BCUT2D eigenvalue weighted by atomic mass is 16.5. The first-order valence-electron chi connectivity index (χ1n) is 8.83. The SMILES string of the molecule is CNC(=O)c1cc(C(=O)Nc2ccnnc2)cc2c1OC[C@@H]2c1ccccc1. The van der Waals surface area contributed by atoms with E-state index in [1.54, 1.807) is 25.2 Å². The van der Waals surface area contributed by atoms with Gasteiger partial charge in [-0.05, 0) is 23.8 Å². The maximum Gasteiger partial charge on any atom is 0.255 e. The van der Waals surface area contributed by atoms with Crippen LogP contribution in [0.1, 0.15) is 37.8 Å². The van der Waals surface area contributed by atoms with E-state index in [0.717, 1.165) is 11.1 Å². The molecular weight excluding hydrogens is 356 g/mol. The third-order valence-corrected chi connectivity index (χ3v) is 4.67. The van der Waals surface area contributed by atoms with Crippen molar-refractivity contribution in [2.45, 2.75) is 5.92 Å². The lowest BCUT2D eigenvalue weighted by atomic mass is 9.90. The van der Waals surface area contributed by atoms with Crippen LogP contribution in [0.25, 0.3) is 0 Å². The van der Waals surface area contributed by atoms with Crippen LogP contribution in [0.15, 0.2) is 60.9 Å². The monoisotopic (exact) mass is 374 g/mol. The molecule has 4 rings (SSSR count). The van der Waals surface area contributed by atoms with Gasteiger partial charge in [0.2, 0.25) is 0 Å². The number of hydrogen-bond acceptors (Lipinski definition) is 5. The second-order valence-corrected chi connectivity index (χ2v) is 6.38. The van der Waals surface area contributed by atoms with Crippen LogP contribution in [0.4, 0.5) is 5.69 Å². The van der Waals surface area contributed by atoms with Crippen molar-refractivity contribution in [2.75, 3.05) is 19.0 Å². The summed E-state index contributed by atoms with van der Waals surface area (Å²) in [6, 6.07) is 14.9. The number of carbonyl (C=O) groups is 2. The van der Waals surface area contributed by atoms with E-state index in [1.807, 2.05) is 30.3 Å². The highest BCUT2D eigenvalue weighted by Crippen LogP contribution is 2.41. The molecule has 0 unspecified atom stereocenters. The maximum atomic E-state index is 12.8. The van der Waals surface area contributed by atoms with Gasteiger partial charge in [-0.15, -0.1) is 0 Å². The van der Waals surface area contributed by atoms with Crippen molar-refractivity contribution in [3.8, 4) is 5.75 Å². The van der Waals surface area contributed by atoms with Crippen LogP contribution in [-0.2, 0) is 0 Å². The molecule has 2 heterocycles. The molecular formula is C21H18N4O3. The van der Waals surface area contributed by atoms with Gasteiger partial charge in [-0.2, -0.15) is 10.2 Å². The van der Waals surface area contributed by atoms with E-state index in [2.05, 4.69) is 20.8 Å². The van der Waals surface area contributed by atoms with Crippen LogP contribution in [0.5, 0.6) is 5.75 Å². The average Bonchev–Trinajstić information content (AvgIpc) is 3.18. The predicted molar refractivity (Wildman–Crippen MR) is 104 cm³/mol. The van der Waals surface area contributed by atoms with Crippen LogP contribution in [0.3, 0.4) is 0 Å². The molecule has 3 aromatic rings. The molecule has 2 amide bonds. The molecule has 7 nitrogen and oxygen atoms in total. The summed E-state index contributed by atoms with van der Waals surface area (Å²) in [5, 5.41) is 12.8. The van der Waals surface area contributed by atoms with Crippen molar-refractivity contribution in [3.05, 3.63) is 83.2 Å². The first-order chi connectivity index (χ1) is 13.7. The van der Waals surface area contributed by atoms with Gasteiger partial charge in [0, 0.05) is 24.1 Å². The normalized spacial score (nSPS) is 14.7. The van der Waals surface area contributed by atoms with E-state index in [-0.39, 0.29) is 17.7 Å². The van der Waals surface area contributed by atoms with Gasteiger partial charge in [-0.3, -0.25) is 9.59 Å². The van der Waals surface area contributed by atoms with Crippen LogP contribution in [0, 0.1) is 0 Å². The second-order valence-electron chi connectivity index (χ2n) is 6.38. The molecule has 1 aromatic heterocycles. The minimum Gasteiger partial charge on any atom is -0.491 e. The number of anilines is 1. The third kappa shape index (κ3) is 3.29. The Balaban J connectivity index is 1.76. The standard InChI is InChI=1S/C21H18N4O3/c1-22-21(27)17-10-14(20(26)25-15-7-8-23-24-11-15)9-16-18(12-28-19(16)17)13-5-3-2-4-6-13/h2-11,18H,12H2,1H3,(H,22,27)(H,23,25,26)/t18-/m1/s1. The molecule has 0 saturated heterocycles. The fourth-order valence-electron chi connectivity index (χ4n) is 3.29. The third-order valence-electron chi connectivity index (χ3n) is 4.67. The molecule has 7 heteroatoms. The Morgan fingerprint density at radius 2 is 1.89 bits per heavy atom. The van der Waals surface area contributed by atoms with Gasteiger partial charge in [-0.25, -0.2) is 0 Å². The summed E-state index contributed by atoms with van der Waals surface area (Å²) < 4.78 is 5.86. The van der Waals surface area contributed by atoms with Crippen LogP contribution >= 0.6 is 0 Å². The fourth-order valence-corrected chi connectivity index (χ4v) is 3.29. The Morgan fingerprint density at radius 3 is 2.61 bits per heavy atom. The summed E-state index contributed by atoms with van der Waals surface area (Å²) >= 11 is 0. The lowest BCUT2D eigenvalue weighted by molar-refractivity contribution is 0.0960. The van der Waals surface area contributed by atoms with Crippen molar-refractivity contribution < 1.29 is 14.3 Å². The first kappa shape index (κ1) is 17.7. The predicted octanol–water partition coefficient (Wildman–Crippen LogP) is 2.61. The maximum absolute atomic E-state index is 12.8. The molecule has 0 spiro atoms. The van der Waals surface area contributed by atoms with Gasteiger partial charge in [0.25, 0.3) is 11.8 Å². The number of carbonyl (C=O) groups excluding carboxylic acids is 2. The van der Waals surface area contributed by atoms with Crippen molar-refractivity contribution in [3.63, 3.8) is 0 Å².